The number of ether oxygens (including phenoxy) is 2. The molecule has 1 fully saturated rings. The largest absolute Gasteiger partial charge is 0.486 e. The van der Waals surface area contributed by atoms with Gasteiger partial charge in [-0.3, -0.25) is 9.59 Å². The molecule has 2 atom stereocenters. The van der Waals surface area contributed by atoms with Crippen LogP contribution in [-0.4, -0.2) is 43.2 Å². The molecule has 28 heavy (non-hydrogen) atoms. The van der Waals surface area contributed by atoms with E-state index in [9.17, 15) is 14.7 Å². The highest BCUT2D eigenvalue weighted by Crippen LogP contribution is 2.36. The lowest BCUT2D eigenvalue weighted by atomic mass is 10.0. The number of anilines is 1. The molecule has 2 aliphatic heterocycles. The van der Waals surface area contributed by atoms with Gasteiger partial charge in [-0.15, -0.1) is 0 Å². The Hall–Kier alpha value is -3.00. The SMILES string of the molecule is C[C@@](O)(CNC(=O)[C@@H]1CC(=O)N(c2ccc3c(c2)OCCO3)C1)c1ccco1. The van der Waals surface area contributed by atoms with E-state index in [1.165, 1.54) is 6.26 Å². The van der Waals surface area contributed by atoms with Gasteiger partial charge < -0.3 is 29.2 Å². The number of fused-ring (bicyclic) bond motifs is 1. The molecule has 148 valence electrons. The minimum absolute atomic E-state index is 0.00589. The average Bonchev–Trinajstić information content (AvgIpc) is 3.36. The lowest BCUT2D eigenvalue weighted by Gasteiger charge is -2.23. The molecule has 2 N–H and O–H groups in total. The molecule has 0 aliphatic carbocycles. The number of hydrogen-bond donors (Lipinski definition) is 2. The zero-order valence-corrected chi connectivity index (χ0v) is 15.5. The highest BCUT2D eigenvalue weighted by Gasteiger charge is 2.36. The minimum Gasteiger partial charge on any atom is -0.486 e. The second-order valence-electron chi connectivity index (χ2n) is 7.20. The number of carbonyl (C=O) groups is 2. The van der Waals surface area contributed by atoms with Crippen LogP contribution in [0.15, 0.2) is 41.0 Å². The summed E-state index contributed by atoms with van der Waals surface area (Å²) in [5.74, 6) is 0.714. The summed E-state index contributed by atoms with van der Waals surface area (Å²) >= 11 is 0. The number of benzene rings is 1. The third-order valence-electron chi connectivity index (χ3n) is 4.99. The van der Waals surface area contributed by atoms with Gasteiger partial charge in [-0.05, 0) is 31.2 Å². The van der Waals surface area contributed by atoms with E-state index in [0.29, 0.717) is 36.2 Å². The molecule has 2 aromatic rings. The number of rotatable bonds is 5. The third kappa shape index (κ3) is 3.55. The molecule has 0 saturated carbocycles. The van der Waals surface area contributed by atoms with E-state index in [1.54, 1.807) is 42.2 Å². The summed E-state index contributed by atoms with van der Waals surface area (Å²) in [6.07, 6.45) is 1.58. The zero-order valence-electron chi connectivity index (χ0n) is 15.5. The van der Waals surface area contributed by atoms with Crippen molar-refractivity contribution in [2.24, 2.45) is 5.92 Å². The zero-order chi connectivity index (χ0) is 19.7. The first-order valence-electron chi connectivity index (χ1n) is 9.18. The molecule has 2 aliphatic rings. The molecule has 0 radical (unpaired) electrons. The minimum atomic E-state index is -1.32. The van der Waals surface area contributed by atoms with Crippen LogP contribution in [0, 0.1) is 5.92 Å². The van der Waals surface area contributed by atoms with Crippen molar-refractivity contribution in [3.8, 4) is 11.5 Å². The summed E-state index contributed by atoms with van der Waals surface area (Å²) in [6.45, 7) is 2.79. The van der Waals surface area contributed by atoms with Gasteiger partial charge in [0.1, 0.15) is 24.6 Å². The Morgan fingerprint density at radius 2 is 2.07 bits per heavy atom. The van der Waals surface area contributed by atoms with Crippen LogP contribution in [0.4, 0.5) is 5.69 Å². The van der Waals surface area contributed by atoms with Crippen molar-refractivity contribution >= 4 is 17.5 Å². The number of carbonyl (C=O) groups excluding carboxylic acids is 2. The van der Waals surface area contributed by atoms with E-state index >= 15 is 0 Å². The highest BCUT2D eigenvalue weighted by atomic mass is 16.6. The van der Waals surface area contributed by atoms with Crippen molar-refractivity contribution in [2.75, 3.05) is 31.2 Å². The van der Waals surface area contributed by atoms with Crippen molar-refractivity contribution in [3.05, 3.63) is 42.4 Å². The fourth-order valence-electron chi connectivity index (χ4n) is 3.41. The van der Waals surface area contributed by atoms with Gasteiger partial charge in [0.15, 0.2) is 11.5 Å². The molecule has 1 saturated heterocycles. The summed E-state index contributed by atoms with van der Waals surface area (Å²) in [6, 6.07) is 8.63. The van der Waals surface area contributed by atoms with Gasteiger partial charge in [0.2, 0.25) is 11.8 Å². The molecule has 3 heterocycles. The van der Waals surface area contributed by atoms with E-state index in [1.807, 2.05) is 0 Å². The highest BCUT2D eigenvalue weighted by molar-refractivity contribution is 6.00. The Balaban J connectivity index is 1.39. The lowest BCUT2D eigenvalue weighted by molar-refractivity contribution is -0.127. The first-order chi connectivity index (χ1) is 13.4. The van der Waals surface area contributed by atoms with Crippen molar-refractivity contribution in [1.82, 2.24) is 5.32 Å². The van der Waals surface area contributed by atoms with Crippen molar-refractivity contribution < 1.29 is 28.6 Å². The Morgan fingerprint density at radius 1 is 1.29 bits per heavy atom. The predicted octanol–water partition coefficient (Wildman–Crippen LogP) is 1.43. The van der Waals surface area contributed by atoms with Gasteiger partial charge >= 0.3 is 0 Å². The number of furan rings is 1. The van der Waals surface area contributed by atoms with E-state index in [2.05, 4.69) is 5.32 Å². The molecular weight excluding hydrogens is 364 g/mol. The van der Waals surface area contributed by atoms with E-state index in [0.717, 1.165) is 0 Å². The Morgan fingerprint density at radius 3 is 2.82 bits per heavy atom. The van der Waals surface area contributed by atoms with E-state index in [4.69, 9.17) is 13.9 Å². The van der Waals surface area contributed by atoms with Crippen LogP contribution in [0.25, 0.3) is 0 Å². The molecule has 0 unspecified atom stereocenters. The predicted molar refractivity (Wildman–Crippen MR) is 99.2 cm³/mol. The first kappa shape index (κ1) is 18.4. The monoisotopic (exact) mass is 386 g/mol. The van der Waals surface area contributed by atoms with Gasteiger partial charge in [0.25, 0.3) is 0 Å². The van der Waals surface area contributed by atoms with E-state index in [-0.39, 0.29) is 31.3 Å². The second-order valence-corrected chi connectivity index (χ2v) is 7.20. The van der Waals surface area contributed by atoms with Gasteiger partial charge in [-0.25, -0.2) is 0 Å². The molecule has 8 heteroatoms. The summed E-state index contributed by atoms with van der Waals surface area (Å²) in [7, 11) is 0. The maximum Gasteiger partial charge on any atom is 0.227 e. The van der Waals surface area contributed by atoms with Crippen LogP contribution >= 0.6 is 0 Å². The molecule has 4 rings (SSSR count). The van der Waals surface area contributed by atoms with Crippen LogP contribution in [0.2, 0.25) is 0 Å². The fraction of sp³-hybridized carbons (Fsp3) is 0.400. The quantitative estimate of drug-likeness (QED) is 0.806. The number of nitrogens with one attached hydrogen (secondary N) is 1. The van der Waals surface area contributed by atoms with Crippen LogP contribution in [0.3, 0.4) is 0 Å². The number of amides is 2. The molecule has 0 bridgehead atoms. The van der Waals surface area contributed by atoms with Gasteiger partial charge in [-0.2, -0.15) is 0 Å². The normalized spacial score (nSPS) is 20.7. The number of nitrogens with zero attached hydrogens (tertiary/aromatic N) is 1. The fourth-order valence-corrected chi connectivity index (χ4v) is 3.41. The van der Waals surface area contributed by atoms with Crippen molar-refractivity contribution in [3.63, 3.8) is 0 Å². The smallest absolute Gasteiger partial charge is 0.227 e. The van der Waals surface area contributed by atoms with Crippen molar-refractivity contribution in [1.29, 1.82) is 0 Å². The van der Waals surface area contributed by atoms with Crippen LogP contribution < -0.4 is 19.7 Å². The average molecular weight is 386 g/mol. The first-order valence-corrected chi connectivity index (χ1v) is 9.18. The third-order valence-corrected chi connectivity index (χ3v) is 4.99. The Kier molecular flexibility index (Phi) is 4.72. The van der Waals surface area contributed by atoms with Crippen LogP contribution in [-0.2, 0) is 15.2 Å². The molecule has 0 spiro atoms. The molecular formula is C20H22N2O6. The Bertz CT molecular complexity index is 877. The van der Waals surface area contributed by atoms with Gasteiger partial charge in [-0.1, -0.05) is 0 Å². The van der Waals surface area contributed by atoms with Crippen LogP contribution in [0.5, 0.6) is 11.5 Å². The van der Waals surface area contributed by atoms with Crippen LogP contribution in [0.1, 0.15) is 19.1 Å². The van der Waals surface area contributed by atoms with Crippen molar-refractivity contribution in [2.45, 2.75) is 18.9 Å². The molecule has 8 nitrogen and oxygen atoms in total. The number of hydrogen-bond acceptors (Lipinski definition) is 6. The Labute approximate surface area is 162 Å². The summed E-state index contributed by atoms with van der Waals surface area (Å²) in [5, 5.41) is 13.2. The van der Waals surface area contributed by atoms with Gasteiger partial charge in [0.05, 0.1) is 18.7 Å². The summed E-state index contributed by atoms with van der Waals surface area (Å²) < 4.78 is 16.3. The summed E-state index contributed by atoms with van der Waals surface area (Å²) in [4.78, 5) is 26.6. The maximum absolute atomic E-state index is 12.5. The van der Waals surface area contributed by atoms with E-state index < -0.39 is 11.5 Å². The lowest BCUT2D eigenvalue weighted by Crippen LogP contribution is -2.41. The molecule has 1 aromatic heterocycles. The molecule has 1 aromatic carbocycles. The van der Waals surface area contributed by atoms with Gasteiger partial charge in [0, 0.05) is 24.7 Å². The topological polar surface area (TPSA) is 101 Å². The maximum atomic E-state index is 12.5. The standard InChI is InChI=1S/C20H22N2O6/c1-20(25,17-3-2-6-28-17)12-21-19(24)13-9-18(23)22(11-13)14-4-5-15-16(10-14)27-8-7-26-15/h2-6,10,13,25H,7-9,11-12H2,1H3,(H,21,24)/t13-,20-/m1/s1. The number of aliphatic hydroxyl groups is 1. The summed E-state index contributed by atoms with van der Waals surface area (Å²) in [5.41, 5.74) is -0.649. The molecule has 2 amide bonds. The second kappa shape index (κ2) is 7.20.